The molecule has 0 aromatic heterocycles. The van der Waals surface area contributed by atoms with Gasteiger partial charge in [-0.25, -0.2) is 4.79 Å². The number of anilines is 2. The Balaban J connectivity index is 2.35. The molecule has 0 fully saturated rings. The number of amides is 1. The first kappa shape index (κ1) is 15.2. The lowest BCUT2D eigenvalue weighted by atomic mass is 10.1. The molecule has 108 valence electrons. The molecule has 4 N–H and O–H groups in total. The number of nitrogens with two attached hydrogens (primary N) is 1. The van der Waals surface area contributed by atoms with Crippen LogP contribution in [0.5, 0.6) is 0 Å². The molecule has 0 saturated heterocycles. The van der Waals surface area contributed by atoms with Gasteiger partial charge in [-0.05, 0) is 36.4 Å². The number of carbonyl (C=O) groups excluding carboxylic acids is 1. The van der Waals surface area contributed by atoms with Gasteiger partial charge in [0.15, 0.2) is 0 Å². The fraction of sp³-hybridized carbons (Fsp3) is 0. The lowest BCUT2D eigenvalue weighted by molar-refractivity contribution is 0.0698. The molecule has 0 aliphatic rings. The van der Waals surface area contributed by atoms with Gasteiger partial charge in [-0.15, -0.1) is 0 Å². The monoisotopic (exact) mass is 324 g/mol. The molecule has 0 aliphatic carbocycles. The topological polar surface area (TPSA) is 92.4 Å². The van der Waals surface area contributed by atoms with Crippen molar-refractivity contribution < 1.29 is 14.7 Å². The Morgan fingerprint density at radius 1 is 1.05 bits per heavy atom. The third kappa shape index (κ3) is 3.45. The van der Waals surface area contributed by atoms with Gasteiger partial charge in [0.05, 0.1) is 21.8 Å². The average Bonchev–Trinajstić information content (AvgIpc) is 2.37. The number of hydrogen-bond acceptors (Lipinski definition) is 3. The predicted molar refractivity (Wildman–Crippen MR) is 82.2 cm³/mol. The van der Waals surface area contributed by atoms with E-state index in [1.165, 1.54) is 36.4 Å². The Kier molecular flexibility index (Phi) is 4.35. The lowest BCUT2D eigenvalue weighted by Crippen LogP contribution is -2.15. The molecule has 0 atom stereocenters. The fourth-order valence-corrected chi connectivity index (χ4v) is 2.21. The molecular weight excluding hydrogens is 315 g/mol. The number of benzene rings is 2. The van der Waals surface area contributed by atoms with Gasteiger partial charge in [-0.3, -0.25) is 4.79 Å². The van der Waals surface area contributed by atoms with Crippen molar-refractivity contribution in [2.24, 2.45) is 0 Å². The van der Waals surface area contributed by atoms with Crippen molar-refractivity contribution in [3.63, 3.8) is 0 Å². The molecule has 5 nitrogen and oxygen atoms in total. The fourth-order valence-electron chi connectivity index (χ4n) is 1.72. The van der Waals surface area contributed by atoms with Gasteiger partial charge >= 0.3 is 5.97 Å². The van der Waals surface area contributed by atoms with Crippen LogP contribution in [0.1, 0.15) is 20.7 Å². The molecule has 0 unspecified atom stereocenters. The van der Waals surface area contributed by atoms with Crippen LogP contribution in [0.2, 0.25) is 10.0 Å². The molecule has 0 radical (unpaired) electrons. The second-order valence-corrected chi connectivity index (χ2v) is 5.03. The molecule has 0 spiro atoms. The smallest absolute Gasteiger partial charge is 0.337 e. The second-order valence-electron chi connectivity index (χ2n) is 4.19. The van der Waals surface area contributed by atoms with E-state index in [0.29, 0.717) is 10.7 Å². The summed E-state index contributed by atoms with van der Waals surface area (Å²) >= 11 is 11.7. The van der Waals surface area contributed by atoms with Crippen molar-refractivity contribution in [1.82, 2.24) is 0 Å². The van der Waals surface area contributed by atoms with Crippen molar-refractivity contribution in [1.29, 1.82) is 0 Å². The van der Waals surface area contributed by atoms with E-state index in [9.17, 15) is 9.59 Å². The minimum Gasteiger partial charge on any atom is -0.478 e. The number of carbonyl (C=O) groups is 2. The Morgan fingerprint density at radius 2 is 1.71 bits per heavy atom. The van der Waals surface area contributed by atoms with Crippen molar-refractivity contribution in [3.05, 3.63) is 57.6 Å². The molecule has 0 aliphatic heterocycles. The SMILES string of the molecule is Nc1ccc(C(=O)O)c(NC(=O)c2ccc(Cl)cc2Cl)c1. The summed E-state index contributed by atoms with van der Waals surface area (Å²) in [7, 11) is 0. The highest BCUT2D eigenvalue weighted by Crippen LogP contribution is 2.24. The molecule has 2 aromatic carbocycles. The third-order valence-electron chi connectivity index (χ3n) is 2.70. The van der Waals surface area contributed by atoms with Crippen LogP contribution in [0.15, 0.2) is 36.4 Å². The summed E-state index contributed by atoms with van der Waals surface area (Å²) in [5.74, 6) is -1.72. The van der Waals surface area contributed by atoms with Crippen LogP contribution >= 0.6 is 23.2 Å². The van der Waals surface area contributed by atoms with Gasteiger partial charge in [0, 0.05) is 10.7 Å². The van der Waals surface area contributed by atoms with E-state index in [2.05, 4.69) is 5.32 Å². The van der Waals surface area contributed by atoms with Crippen molar-refractivity contribution in [2.45, 2.75) is 0 Å². The van der Waals surface area contributed by atoms with Gasteiger partial charge in [0.25, 0.3) is 5.91 Å². The van der Waals surface area contributed by atoms with Crippen LogP contribution in [-0.2, 0) is 0 Å². The Bertz CT molecular complexity index is 732. The highest BCUT2D eigenvalue weighted by molar-refractivity contribution is 6.37. The van der Waals surface area contributed by atoms with Crippen molar-refractivity contribution in [3.8, 4) is 0 Å². The minimum absolute atomic E-state index is 0.0670. The largest absolute Gasteiger partial charge is 0.478 e. The number of hydrogen-bond donors (Lipinski definition) is 3. The van der Waals surface area contributed by atoms with Crippen LogP contribution in [0.4, 0.5) is 11.4 Å². The number of halogens is 2. The van der Waals surface area contributed by atoms with Gasteiger partial charge in [0.1, 0.15) is 0 Å². The summed E-state index contributed by atoms with van der Waals surface area (Å²) < 4.78 is 0. The Labute approximate surface area is 130 Å². The van der Waals surface area contributed by atoms with E-state index >= 15 is 0 Å². The van der Waals surface area contributed by atoms with E-state index in [-0.39, 0.29) is 21.8 Å². The van der Waals surface area contributed by atoms with E-state index in [0.717, 1.165) is 0 Å². The molecule has 1 amide bonds. The summed E-state index contributed by atoms with van der Waals surface area (Å²) in [4.78, 5) is 23.3. The van der Waals surface area contributed by atoms with Crippen LogP contribution in [-0.4, -0.2) is 17.0 Å². The summed E-state index contributed by atoms with van der Waals surface area (Å²) in [6.07, 6.45) is 0. The van der Waals surface area contributed by atoms with E-state index < -0.39 is 11.9 Å². The normalized spacial score (nSPS) is 10.2. The maximum atomic E-state index is 12.2. The number of carboxylic acid groups (broad SMARTS) is 1. The molecule has 21 heavy (non-hydrogen) atoms. The zero-order valence-corrected chi connectivity index (χ0v) is 12.1. The van der Waals surface area contributed by atoms with Crippen molar-refractivity contribution >= 4 is 46.5 Å². The van der Waals surface area contributed by atoms with E-state index in [4.69, 9.17) is 34.0 Å². The van der Waals surface area contributed by atoms with Gasteiger partial charge in [0.2, 0.25) is 0 Å². The summed E-state index contributed by atoms with van der Waals surface area (Å²) in [5, 5.41) is 12.1. The van der Waals surface area contributed by atoms with Crippen LogP contribution in [0.25, 0.3) is 0 Å². The minimum atomic E-state index is -1.17. The van der Waals surface area contributed by atoms with Gasteiger partial charge < -0.3 is 16.2 Å². The second kappa shape index (κ2) is 6.03. The predicted octanol–water partition coefficient (Wildman–Crippen LogP) is 3.53. The van der Waals surface area contributed by atoms with E-state index in [1.54, 1.807) is 0 Å². The molecular formula is C14H10Cl2N2O3. The summed E-state index contributed by atoms with van der Waals surface area (Å²) in [6, 6.07) is 8.51. The zero-order chi connectivity index (χ0) is 15.6. The van der Waals surface area contributed by atoms with Crippen LogP contribution in [0.3, 0.4) is 0 Å². The van der Waals surface area contributed by atoms with E-state index in [1.807, 2.05) is 0 Å². The summed E-state index contributed by atoms with van der Waals surface area (Å²) in [5.41, 5.74) is 6.14. The van der Waals surface area contributed by atoms with Gasteiger partial charge in [-0.2, -0.15) is 0 Å². The number of aromatic carboxylic acids is 1. The molecule has 2 aromatic rings. The highest BCUT2D eigenvalue weighted by atomic mass is 35.5. The average molecular weight is 325 g/mol. The van der Waals surface area contributed by atoms with Gasteiger partial charge in [-0.1, -0.05) is 23.2 Å². The number of nitrogens with one attached hydrogen (secondary N) is 1. The van der Waals surface area contributed by atoms with Crippen molar-refractivity contribution in [2.75, 3.05) is 11.1 Å². The maximum Gasteiger partial charge on any atom is 0.337 e. The molecule has 7 heteroatoms. The standard InChI is InChI=1S/C14H10Cl2N2O3/c15-7-1-3-9(11(16)5-7)13(19)18-12-6-8(17)2-4-10(12)14(20)21/h1-6H,17H2,(H,18,19)(H,20,21). The molecule has 0 bridgehead atoms. The Hall–Kier alpha value is -2.24. The number of rotatable bonds is 3. The first-order chi connectivity index (χ1) is 9.88. The molecule has 0 heterocycles. The summed E-state index contributed by atoms with van der Waals surface area (Å²) in [6.45, 7) is 0. The highest BCUT2D eigenvalue weighted by Gasteiger charge is 2.16. The first-order valence-corrected chi connectivity index (χ1v) is 6.53. The van der Waals surface area contributed by atoms with Crippen LogP contribution in [0, 0.1) is 0 Å². The quantitative estimate of drug-likeness (QED) is 0.753. The first-order valence-electron chi connectivity index (χ1n) is 5.77. The lowest BCUT2D eigenvalue weighted by Gasteiger charge is -2.10. The number of nitrogen functional groups attached to an aromatic ring is 1. The van der Waals surface area contributed by atoms with Crippen LogP contribution < -0.4 is 11.1 Å². The zero-order valence-electron chi connectivity index (χ0n) is 10.6. The number of carboxylic acids is 1. The Morgan fingerprint density at radius 3 is 2.33 bits per heavy atom. The maximum absolute atomic E-state index is 12.2. The third-order valence-corrected chi connectivity index (χ3v) is 3.25. The molecule has 2 rings (SSSR count). The molecule has 0 saturated carbocycles.